The van der Waals surface area contributed by atoms with Crippen LogP contribution in [-0.2, 0) is 6.42 Å². The largest absolute Gasteiger partial charge is 0.494 e. The van der Waals surface area contributed by atoms with Crippen LogP contribution in [0.25, 0.3) is 6.08 Å². The Kier molecular flexibility index (Phi) is 7.37. The molecule has 2 nitrogen and oxygen atoms in total. The van der Waals surface area contributed by atoms with Crippen LogP contribution in [-0.4, -0.2) is 18.9 Å². The minimum absolute atomic E-state index is 0.639. The first-order chi connectivity index (χ1) is 13.2. The molecule has 0 bridgehead atoms. The van der Waals surface area contributed by atoms with Crippen molar-refractivity contribution in [2.24, 2.45) is 4.99 Å². The zero-order chi connectivity index (χ0) is 19.1. The number of ether oxygens (including phenoxy) is 1. The summed E-state index contributed by atoms with van der Waals surface area (Å²) in [5, 5.41) is 1.28. The van der Waals surface area contributed by atoms with E-state index in [1.807, 2.05) is 30.4 Å². The number of aliphatic imine (C=N–C) groups is 1. The molecule has 1 aliphatic heterocycles. The van der Waals surface area contributed by atoms with Crippen molar-refractivity contribution in [3.8, 4) is 5.75 Å². The third kappa shape index (κ3) is 5.60. The average Bonchev–Trinajstić information content (AvgIpc) is 2.67. The number of fused-ring (bicyclic) bond motifs is 1. The maximum Gasteiger partial charge on any atom is 0.119 e. The van der Waals surface area contributed by atoms with Gasteiger partial charge in [-0.05, 0) is 60.4 Å². The fraction of sp³-hybridized carbons (Fsp3) is 0.348. The summed E-state index contributed by atoms with van der Waals surface area (Å²) in [5.74, 6) is 0.955. The molecular formula is C23H25Cl2NO. The van der Waals surface area contributed by atoms with E-state index in [4.69, 9.17) is 27.9 Å². The number of halogens is 2. The Morgan fingerprint density at radius 2 is 1.93 bits per heavy atom. The average molecular weight is 402 g/mol. The van der Waals surface area contributed by atoms with E-state index in [0.717, 1.165) is 43.0 Å². The van der Waals surface area contributed by atoms with Gasteiger partial charge in [0.05, 0.1) is 12.3 Å². The Balaban J connectivity index is 1.68. The summed E-state index contributed by atoms with van der Waals surface area (Å²) in [6.45, 7) is 3.80. The zero-order valence-electron chi connectivity index (χ0n) is 15.7. The molecule has 0 amide bonds. The normalized spacial score (nSPS) is 13.5. The van der Waals surface area contributed by atoms with Crippen molar-refractivity contribution < 1.29 is 4.74 Å². The Hall–Kier alpha value is -1.77. The van der Waals surface area contributed by atoms with Crippen molar-refractivity contribution in [3.05, 3.63) is 69.2 Å². The van der Waals surface area contributed by atoms with E-state index in [-0.39, 0.29) is 0 Å². The molecule has 0 N–H and O–H groups in total. The van der Waals surface area contributed by atoms with E-state index in [9.17, 15) is 0 Å². The highest BCUT2D eigenvalue weighted by atomic mass is 35.5. The summed E-state index contributed by atoms with van der Waals surface area (Å²) in [6.07, 6.45) is 9.83. The van der Waals surface area contributed by atoms with Gasteiger partial charge in [0.2, 0.25) is 0 Å². The van der Waals surface area contributed by atoms with Gasteiger partial charge < -0.3 is 4.74 Å². The van der Waals surface area contributed by atoms with Crippen molar-refractivity contribution in [2.75, 3.05) is 13.2 Å². The molecule has 0 saturated heterocycles. The Morgan fingerprint density at radius 3 is 2.74 bits per heavy atom. The number of hydrogen-bond donors (Lipinski definition) is 0. The lowest BCUT2D eigenvalue weighted by Gasteiger charge is -2.16. The number of benzene rings is 2. The van der Waals surface area contributed by atoms with Gasteiger partial charge >= 0.3 is 0 Å². The second kappa shape index (κ2) is 9.96. The van der Waals surface area contributed by atoms with E-state index >= 15 is 0 Å². The summed E-state index contributed by atoms with van der Waals surface area (Å²) in [4.78, 5) is 4.68. The first-order valence-electron chi connectivity index (χ1n) is 9.61. The van der Waals surface area contributed by atoms with Gasteiger partial charge in [0, 0.05) is 22.2 Å². The van der Waals surface area contributed by atoms with Gasteiger partial charge in [-0.15, -0.1) is 0 Å². The summed E-state index contributed by atoms with van der Waals surface area (Å²) in [5.41, 5.74) is 4.37. The molecule has 0 aliphatic carbocycles. The van der Waals surface area contributed by atoms with Crippen LogP contribution in [0.2, 0.25) is 10.0 Å². The fourth-order valence-corrected chi connectivity index (χ4v) is 3.64. The molecule has 0 unspecified atom stereocenters. The second-order valence-electron chi connectivity index (χ2n) is 6.74. The predicted octanol–water partition coefficient (Wildman–Crippen LogP) is 7.01. The fourth-order valence-electron chi connectivity index (χ4n) is 3.17. The monoisotopic (exact) mass is 401 g/mol. The van der Waals surface area contributed by atoms with E-state index in [2.05, 4.69) is 24.0 Å². The molecule has 1 aliphatic rings. The van der Waals surface area contributed by atoms with Crippen molar-refractivity contribution in [1.82, 2.24) is 0 Å². The minimum Gasteiger partial charge on any atom is -0.494 e. The number of hydrogen-bond acceptors (Lipinski definition) is 2. The van der Waals surface area contributed by atoms with Crippen molar-refractivity contribution in [2.45, 2.75) is 39.0 Å². The van der Waals surface area contributed by atoms with Crippen LogP contribution in [0.15, 0.2) is 47.5 Å². The summed E-state index contributed by atoms with van der Waals surface area (Å²) in [7, 11) is 0. The topological polar surface area (TPSA) is 21.6 Å². The van der Waals surface area contributed by atoms with Crippen LogP contribution in [0.4, 0.5) is 0 Å². The van der Waals surface area contributed by atoms with Gasteiger partial charge in [-0.3, -0.25) is 4.99 Å². The summed E-state index contributed by atoms with van der Waals surface area (Å²) in [6, 6.07) is 11.8. The Labute approximate surface area is 171 Å². The molecule has 0 spiro atoms. The van der Waals surface area contributed by atoms with Crippen molar-refractivity contribution >= 4 is 35.0 Å². The van der Waals surface area contributed by atoms with Crippen LogP contribution in [0.1, 0.15) is 49.3 Å². The van der Waals surface area contributed by atoms with Gasteiger partial charge in [0.15, 0.2) is 0 Å². The minimum atomic E-state index is 0.639. The highest BCUT2D eigenvalue weighted by Gasteiger charge is 2.13. The van der Waals surface area contributed by atoms with E-state index in [1.54, 1.807) is 6.07 Å². The van der Waals surface area contributed by atoms with Crippen molar-refractivity contribution in [1.29, 1.82) is 0 Å². The lowest BCUT2D eigenvalue weighted by Crippen LogP contribution is -2.11. The lowest BCUT2D eigenvalue weighted by molar-refractivity contribution is 0.305. The van der Waals surface area contributed by atoms with Crippen LogP contribution < -0.4 is 4.74 Å². The van der Waals surface area contributed by atoms with Gasteiger partial charge in [0.25, 0.3) is 0 Å². The number of allylic oxidation sites excluding steroid dienone is 1. The first kappa shape index (κ1) is 20.0. The summed E-state index contributed by atoms with van der Waals surface area (Å²) >= 11 is 12.2. The Morgan fingerprint density at radius 1 is 1.04 bits per heavy atom. The maximum absolute atomic E-state index is 6.26. The quantitative estimate of drug-likeness (QED) is 0.435. The standard InChI is InChI=1S/C23H25Cl2NO/c1-2-3-4-5-14-27-20-9-10-21-18(15-20)12-13-26-23(21)11-7-17-6-8-19(24)16-22(17)25/h6-11,15-16H,2-5,12-14H2,1H3/b11-7+. The van der Waals surface area contributed by atoms with Crippen LogP contribution in [0, 0.1) is 0 Å². The smallest absolute Gasteiger partial charge is 0.119 e. The molecular weight excluding hydrogens is 377 g/mol. The van der Waals surface area contributed by atoms with Gasteiger partial charge in [0.1, 0.15) is 5.75 Å². The second-order valence-corrected chi connectivity index (χ2v) is 7.59. The van der Waals surface area contributed by atoms with Crippen LogP contribution in [0.5, 0.6) is 5.75 Å². The third-order valence-electron chi connectivity index (χ3n) is 4.67. The molecule has 3 rings (SSSR count). The van der Waals surface area contributed by atoms with E-state index in [1.165, 1.54) is 30.4 Å². The van der Waals surface area contributed by atoms with E-state index < -0.39 is 0 Å². The van der Waals surface area contributed by atoms with Gasteiger partial charge in [-0.25, -0.2) is 0 Å². The molecule has 2 aromatic carbocycles. The molecule has 2 aromatic rings. The van der Waals surface area contributed by atoms with E-state index in [0.29, 0.717) is 10.0 Å². The molecule has 27 heavy (non-hydrogen) atoms. The maximum atomic E-state index is 6.26. The SMILES string of the molecule is CCCCCCOc1ccc2c(c1)CCN=C2/C=C/c1ccc(Cl)cc1Cl. The highest BCUT2D eigenvalue weighted by Crippen LogP contribution is 2.25. The molecule has 0 aromatic heterocycles. The van der Waals surface area contributed by atoms with Gasteiger partial charge in [-0.2, -0.15) is 0 Å². The molecule has 0 radical (unpaired) electrons. The molecule has 4 heteroatoms. The van der Waals surface area contributed by atoms with Gasteiger partial charge in [-0.1, -0.05) is 61.5 Å². The van der Waals surface area contributed by atoms with Crippen molar-refractivity contribution in [3.63, 3.8) is 0 Å². The number of rotatable bonds is 8. The molecule has 0 atom stereocenters. The first-order valence-corrected chi connectivity index (χ1v) is 10.4. The zero-order valence-corrected chi connectivity index (χ0v) is 17.2. The highest BCUT2D eigenvalue weighted by molar-refractivity contribution is 6.35. The predicted molar refractivity (Wildman–Crippen MR) is 117 cm³/mol. The molecule has 1 heterocycles. The van der Waals surface area contributed by atoms with Crippen LogP contribution in [0.3, 0.4) is 0 Å². The summed E-state index contributed by atoms with van der Waals surface area (Å²) < 4.78 is 5.92. The lowest BCUT2D eigenvalue weighted by atomic mass is 9.96. The number of unbranched alkanes of at least 4 members (excludes halogenated alkanes) is 3. The molecule has 142 valence electrons. The molecule has 0 saturated carbocycles. The Bertz CT molecular complexity index is 842. The number of nitrogens with zero attached hydrogens (tertiary/aromatic N) is 1. The van der Waals surface area contributed by atoms with Crippen LogP contribution >= 0.6 is 23.2 Å². The molecule has 0 fully saturated rings. The third-order valence-corrected chi connectivity index (χ3v) is 5.23.